The van der Waals surface area contributed by atoms with Crippen LogP contribution < -0.4 is 0 Å². The molecule has 0 radical (unpaired) electrons. The molecule has 0 saturated heterocycles. The third-order valence-electron chi connectivity index (χ3n) is 0.952. The summed E-state index contributed by atoms with van der Waals surface area (Å²) in [5.41, 5.74) is 0.0882. The van der Waals surface area contributed by atoms with Crippen molar-refractivity contribution in [2.45, 2.75) is 13.8 Å². The second-order valence-electron chi connectivity index (χ2n) is 2.39. The topological polar surface area (TPSA) is 78.9 Å². The van der Waals surface area contributed by atoms with Gasteiger partial charge in [0.15, 0.2) is 6.61 Å². The molecule has 0 unspecified atom stereocenters. The van der Waals surface area contributed by atoms with Crippen molar-refractivity contribution in [1.29, 1.82) is 0 Å². The lowest BCUT2D eigenvalue weighted by Crippen LogP contribution is -2.17. The highest BCUT2D eigenvalue weighted by Gasteiger charge is 2.11. The van der Waals surface area contributed by atoms with Gasteiger partial charge in [-0.2, -0.15) is 0 Å². The molecule has 78 valence electrons. The molecule has 0 bridgehead atoms. The van der Waals surface area contributed by atoms with Gasteiger partial charge in [-0.3, -0.25) is 4.79 Å². The van der Waals surface area contributed by atoms with E-state index in [1.807, 2.05) is 0 Å². The predicted molar refractivity (Wildman–Crippen MR) is 43.6 cm³/mol. The van der Waals surface area contributed by atoms with Crippen LogP contribution in [-0.4, -0.2) is 24.5 Å². The van der Waals surface area contributed by atoms with Crippen LogP contribution in [0.4, 0.5) is 0 Å². The van der Waals surface area contributed by atoms with Gasteiger partial charge >= 0.3 is 17.9 Å². The van der Waals surface area contributed by atoms with Crippen LogP contribution in [0.1, 0.15) is 13.8 Å². The number of ether oxygens (including phenoxy) is 1. The molecule has 0 aliphatic rings. The molecule has 0 saturated carbocycles. The van der Waals surface area contributed by atoms with Gasteiger partial charge in [0, 0.05) is 12.5 Å². The van der Waals surface area contributed by atoms with Crippen LogP contribution in [0.25, 0.3) is 0 Å². The van der Waals surface area contributed by atoms with Crippen molar-refractivity contribution in [3.8, 4) is 0 Å². The molecule has 14 heavy (non-hydrogen) atoms. The third-order valence-corrected chi connectivity index (χ3v) is 0.952. The van der Waals surface area contributed by atoms with E-state index in [0.29, 0.717) is 0 Å². The fourth-order valence-electron chi connectivity index (χ4n) is 0.340. The molecule has 6 nitrogen and oxygen atoms in total. The number of hydrogen-bond donors (Lipinski definition) is 0. The van der Waals surface area contributed by atoms with Crippen molar-refractivity contribution in [1.82, 2.24) is 0 Å². The highest BCUT2D eigenvalue weighted by molar-refractivity contribution is 5.87. The van der Waals surface area contributed by atoms with Crippen molar-refractivity contribution in [2.75, 3.05) is 6.61 Å². The summed E-state index contributed by atoms with van der Waals surface area (Å²) in [4.78, 5) is 39.6. The average molecular weight is 202 g/mol. The second-order valence-corrected chi connectivity index (χ2v) is 2.39. The van der Waals surface area contributed by atoms with Gasteiger partial charge in [0.1, 0.15) is 0 Å². The van der Waals surface area contributed by atoms with Gasteiger partial charge in [-0.25, -0.2) is 19.4 Å². The zero-order valence-corrected chi connectivity index (χ0v) is 7.86. The van der Waals surface area contributed by atoms with Crippen LogP contribution in [0.15, 0.2) is 12.2 Å². The molecular formula is C8H10O6. The Labute approximate surface area is 80.4 Å². The van der Waals surface area contributed by atoms with Gasteiger partial charge in [0.05, 0.1) is 0 Å². The molecule has 0 atom stereocenters. The van der Waals surface area contributed by atoms with Crippen molar-refractivity contribution in [3.05, 3.63) is 12.2 Å². The molecular weight excluding hydrogens is 192 g/mol. The van der Waals surface area contributed by atoms with Crippen LogP contribution in [-0.2, 0) is 28.9 Å². The molecule has 0 aliphatic carbocycles. The lowest BCUT2D eigenvalue weighted by Gasteiger charge is -2.02. The van der Waals surface area contributed by atoms with Gasteiger partial charge in [-0.15, -0.1) is 0 Å². The first-order chi connectivity index (χ1) is 6.43. The van der Waals surface area contributed by atoms with Crippen molar-refractivity contribution < 1.29 is 28.9 Å². The zero-order valence-electron chi connectivity index (χ0n) is 7.86. The molecule has 6 heteroatoms. The molecule has 0 rings (SSSR count). The summed E-state index contributed by atoms with van der Waals surface area (Å²) >= 11 is 0. The van der Waals surface area contributed by atoms with Gasteiger partial charge in [0.25, 0.3) is 0 Å². The van der Waals surface area contributed by atoms with E-state index in [1.165, 1.54) is 6.92 Å². The zero-order chi connectivity index (χ0) is 11.1. The van der Waals surface area contributed by atoms with Crippen LogP contribution in [0.3, 0.4) is 0 Å². The van der Waals surface area contributed by atoms with E-state index in [0.717, 1.165) is 6.92 Å². The Morgan fingerprint density at radius 2 is 1.71 bits per heavy atom. The van der Waals surface area contributed by atoms with Gasteiger partial charge in [-0.05, 0) is 6.92 Å². The molecule has 0 aromatic carbocycles. The number of hydrogen-bond acceptors (Lipinski definition) is 6. The molecule has 0 fully saturated rings. The Hall–Kier alpha value is -1.85. The minimum atomic E-state index is -0.977. The SMILES string of the molecule is C=C(C)C(=O)OOC(=O)COC(C)=O. The maximum Gasteiger partial charge on any atom is 0.392 e. The Morgan fingerprint density at radius 3 is 2.14 bits per heavy atom. The van der Waals surface area contributed by atoms with E-state index in [-0.39, 0.29) is 5.57 Å². The second kappa shape index (κ2) is 5.74. The maximum atomic E-state index is 10.7. The number of carbonyl (C=O) groups is 3. The summed E-state index contributed by atoms with van der Waals surface area (Å²) < 4.78 is 4.27. The van der Waals surface area contributed by atoms with Gasteiger partial charge in [-0.1, -0.05) is 6.58 Å². The first-order valence-corrected chi connectivity index (χ1v) is 3.64. The molecule has 0 spiro atoms. The smallest absolute Gasteiger partial charge is 0.392 e. The first-order valence-electron chi connectivity index (χ1n) is 3.64. The van der Waals surface area contributed by atoms with Gasteiger partial charge in [0.2, 0.25) is 0 Å². The Morgan fingerprint density at radius 1 is 1.14 bits per heavy atom. The van der Waals surface area contributed by atoms with E-state index < -0.39 is 24.5 Å². The number of esters is 1. The molecule has 0 aliphatic heterocycles. The normalized spacial score (nSPS) is 8.71. The summed E-state index contributed by atoms with van der Waals surface area (Å²) in [7, 11) is 0. The summed E-state index contributed by atoms with van der Waals surface area (Å²) in [6.45, 7) is 5.18. The predicted octanol–water partition coefficient (Wildman–Crippen LogP) is 0.127. The third kappa shape index (κ3) is 5.76. The minimum absolute atomic E-state index is 0.0882. The van der Waals surface area contributed by atoms with E-state index in [9.17, 15) is 14.4 Å². The first kappa shape index (κ1) is 12.2. The Bertz CT molecular complexity index is 267. The highest BCUT2D eigenvalue weighted by Crippen LogP contribution is 1.93. The van der Waals surface area contributed by atoms with Crippen molar-refractivity contribution in [3.63, 3.8) is 0 Å². The summed E-state index contributed by atoms with van der Waals surface area (Å²) in [6.07, 6.45) is 0. The quantitative estimate of drug-likeness (QED) is 0.280. The molecule has 0 aromatic heterocycles. The van der Waals surface area contributed by atoms with Crippen LogP contribution >= 0.6 is 0 Å². The standard InChI is InChI=1S/C8H10O6/c1-5(2)8(11)14-13-7(10)4-12-6(3)9/h1,4H2,2-3H3. The fourth-order valence-corrected chi connectivity index (χ4v) is 0.340. The number of carbonyl (C=O) groups excluding carboxylic acids is 3. The van der Waals surface area contributed by atoms with E-state index in [4.69, 9.17) is 0 Å². The van der Waals surface area contributed by atoms with Crippen LogP contribution in [0.2, 0.25) is 0 Å². The van der Waals surface area contributed by atoms with Crippen LogP contribution in [0.5, 0.6) is 0 Å². The minimum Gasteiger partial charge on any atom is -0.454 e. The lowest BCUT2D eigenvalue weighted by molar-refractivity contribution is -0.257. The lowest BCUT2D eigenvalue weighted by atomic mass is 10.4. The average Bonchev–Trinajstić information content (AvgIpc) is 2.10. The highest BCUT2D eigenvalue weighted by atomic mass is 17.2. The van der Waals surface area contributed by atoms with E-state index >= 15 is 0 Å². The van der Waals surface area contributed by atoms with Crippen molar-refractivity contribution >= 4 is 17.9 Å². The summed E-state index contributed by atoms with van der Waals surface area (Å²) in [6, 6.07) is 0. The molecule has 0 amide bonds. The summed E-state index contributed by atoms with van der Waals surface area (Å²) in [5, 5.41) is 0. The fraction of sp³-hybridized carbons (Fsp3) is 0.375. The Kier molecular flexibility index (Phi) is 4.98. The van der Waals surface area contributed by atoms with Gasteiger partial charge < -0.3 is 4.74 Å². The maximum absolute atomic E-state index is 10.7. The largest absolute Gasteiger partial charge is 0.454 e. The molecule has 0 heterocycles. The van der Waals surface area contributed by atoms with Crippen LogP contribution in [0, 0.1) is 0 Å². The van der Waals surface area contributed by atoms with Crippen molar-refractivity contribution in [2.24, 2.45) is 0 Å². The Balaban J connectivity index is 3.69. The van der Waals surface area contributed by atoms with E-state index in [2.05, 4.69) is 21.1 Å². The monoisotopic (exact) mass is 202 g/mol. The number of rotatable bonds is 3. The summed E-state index contributed by atoms with van der Waals surface area (Å²) in [5.74, 6) is -2.47. The molecule has 0 N–H and O–H groups in total. The van der Waals surface area contributed by atoms with E-state index in [1.54, 1.807) is 0 Å². The molecule has 0 aromatic rings.